The zero-order chi connectivity index (χ0) is 10.2. The molecule has 0 spiro atoms. The standard InChI is InChI=1S/2C5H5NS.Zn/c2*7-5-2-1-3-6-4-5;/h2*1-4,7H;/q;;+2/p-2. The summed E-state index contributed by atoms with van der Waals surface area (Å²) in [7, 11) is 0. The molecule has 2 aromatic heterocycles. The van der Waals surface area contributed by atoms with Crippen LogP contribution in [-0.4, -0.2) is 9.97 Å². The van der Waals surface area contributed by atoms with Crippen LogP contribution in [0, 0.1) is 0 Å². The quantitative estimate of drug-likeness (QED) is 0.546. The molecule has 0 aliphatic heterocycles. The van der Waals surface area contributed by atoms with Crippen molar-refractivity contribution in [2.75, 3.05) is 0 Å². The molecule has 0 aliphatic carbocycles. The molecule has 0 aromatic carbocycles. The first kappa shape index (κ1) is 14.4. The smallest absolute Gasteiger partial charge is 0.778 e. The van der Waals surface area contributed by atoms with Crippen LogP contribution >= 0.6 is 0 Å². The summed E-state index contributed by atoms with van der Waals surface area (Å²) >= 11 is 9.50. The van der Waals surface area contributed by atoms with Gasteiger partial charge in [-0.15, -0.1) is 0 Å². The summed E-state index contributed by atoms with van der Waals surface area (Å²) in [6.45, 7) is 0. The number of hydrogen-bond acceptors (Lipinski definition) is 4. The fraction of sp³-hybridized carbons (Fsp3) is 0. The van der Waals surface area contributed by atoms with Gasteiger partial charge in [-0.05, 0) is 12.1 Å². The Morgan fingerprint density at radius 1 is 0.800 bits per heavy atom. The van der Waals surface area contributed by atoms with E-state index in [9.17, 15) is 0 Å². The molecule has 0 fully saturated rings. The molecule has 0 aliphatic rings. The summed E-state index contributed by atoms with van der Waals surface area (Å²) in [6.07, 6.45) is 6.70. The Morgan fingerprint density at radius 2 is 1.20 bits per heavy atom. The Balaban J connectivity index is 0.000000245. The van der Waals surface area contributed by atoms with E-state index in [4.69, 9.17) is 25.3 Å². The molecule has 0 atom stereocenters. The van der Waals surface area contributed by atoms with Crippen LogP contribution in [0.25, 0.3) is 0 Å². The fourth-order valence-corrected chi connectivity index (χ4v) is 0.973. The molecule has 0 amide bonds. The van der Waals surface area contributed by atoms with Crippen molar-refractivity contribution in [3.05, 3.63) is 49.1 Å². The van der Waals surface area contributed by atoms with E-state index in [-0.39, 0.29) is 19.5 Å². The predicted molar refractivity (Wildman–Crippen MR) is 59.7 cm³/mol. The second-order valence-electron chi connectivity index (χ2n) is 2.38. The van der Waals surface area contributed by atoms with Gasteiger partial charge in [0.25, 0.3) is 0 Å². The number of pyridine rings is 2. The SMILES string of the molecule is [S-]c1cccnc1.[S-]c1cccnc1.[Zn+2]. The molecule has 0 saturated heterocycles. The summed E-state index contributed by atoms with van der Waals surface area (Å²) in [5, 5.41) is 0. The molecule has 5 heteroatoms. The van der Waals surface area contributed by atoms with Crippen molar-refractivity contribution in [1.29, 1.82) is 0 Å². The summed E-state index contributed by atoms with van der Waals surface area (Å²) in [5.41, 5.74) is 0. The summed E-state index contributed by atoms with van der Waals surface area (Å²) in [5.74, 6) is 0. The molecule has 0 bridgehead atoms. The average molecular weight is 286 g/mol. The van der Waals surface area contributed by atoms with E-state index in [1.54, 1.807) is 24.8 Å². The Morgan fingerprint density at radius 3 is 1.33 bits per heavy atom. The van der Waals surface area contributed by atoms with Crippen molar-refractivity contribution in [3.8, 4) is 0 Å². The van der Waals surface area contributed by atoms with Crippen LogP contribution in [0.3, 0.4) is 0 Å². The van der Waals surface area contributed by atoms with Gasteiger partial charge >= 0.3 is 19.5 Å². The van der Waals surface area contributed by atoms with Gasteiger partial charge in [-0.1, -0.05) is 12.1 Å². The number of hydrogen-bond donors (Lipinski definition) is 0. The van der Waals surface area contributed by atoms with Crippen LogP contribution in [0.5, 0.6) is 0 Å². The van der Waals surface area contributed by atoms with Gasteiger partial charge in [0.2, 0.25) is 0 Å². The van der Waals surface area contributed by atoms with Gasteiger partial charge in [-0.3, -0.25) is 9.97 Å². The molecule has 2 rings (SSSR count). The number of aromatic nitrogens is 2. The minimum Gasteiger partial charge on any atom is -0.778 e. The molecule has 15 heavy (non-hydrogen) atoms. The minimum absolute atomic E-state index is 0. The van der Waals surface area contributed by atoms with E-state index in [1.807, 2.05) is 24.3 Å². The first-order valence-electron chi connectivity index (χ1n) is 3.93. The topological polar surface area (TPSA) is 25.8 Å². The Bertz CT molecular complexity index is 319. The van der Waals surface area contributed by atoms with Crippen molar-refractivity contribution < 1.29 is 19.5 Å². The largest absolute Gasteiger partial charge is 2.00 e. The van der Waals surface area contributed by atoms with E-state index in [1.165, 1.54) is 0 Å². The van der Waals surface area contributed by atoms with Crippen LogP contribution in [0.4, 0.5) is 0 Å². The Kier molecular flexibility index (Phi) is 8.29. The van der Waals surface area contributed by atoms with E-state index < -0.39 is 0 Å². The third-order valence-electron chi connectivity index (χ3n) is 1.27. The van der Waals surface area contributed by atoms with Crippen molar-refractivity contribution in [2.24, 2.45) is 0 Å². The summed E-state index contributed by atoms with van der Waals surface area (Å²) in [6, 6.07) is 7.31. The molecular weight excluding hydrogens is 278 g/mol. The molecule has 0 N–H and O–H groups in total. The normalized spacial score (nSPS) is 8.00. The maximum Gasteiger partial charge on any atom is 2.00 e. The molecular formula is C10H8N2S2Zn. The molecule has 2 heterocycles. The van der Waals surface area contributed by atoms with E-state index >= 15 is 0 Å². The maximum atomic E-state index is 4.75. The van der Waals surface area contributed by atoms with E-state index in [2.05, 4.69) is 9.97 Å². The first-order chi connectivity index (χ1) is 6.79. The fourth-order valence-electron chi connectivity index (χ4n) is 0.694. The van der Waals surface area contributed by atoms with Crippen LogP contribution < -0.4 is 0 Å². The monoisotopic (exact) mass is 284 g/mol. The Hall–Kier alpha value is -0.637. The predicted octanol–water partition coefficient (Wildman–Crippen LogP) is 1.97. The molecule has 0 saturated carbocycles. The molecule has 0 unspecified atom stereocenters. The van der Waals surface area contributed by atoms with Crippen LogP contribution in [0.15, 0.2) is 58.8 Å². The molecule has 2 nitrogen and oxygen atoms in total. The van der Waals surface area contributed by atoms with Crippen molar-refractivity contribution in [3.63, 3.8) is 0 Å². The van der Waals surface area contributed by atoms with Crippen molar-refractivity contribution in [2.45, 2.75) is 9.79 Å². The zero-order valence-corrected chi connectivity index (χ0v) is 12.6. The number of rotatable bonds is 0. The maximum absolute atomic E-state index is 4.75. The second kappa shape index (κ2) is 8.65. The minimum atomic E-state index is 0. The van der Waals surface area contributed by atoms with Crippen LogP contribution in [0.1, 0.15) is 0 Å². The molecule has 2 aromatic rings. The number of nitrogens with zero attached hydrogens (tertiary/aromatic N) is 2. The van der Waals surface area contributed by atoms with Crippen molar-refractivity contribution >= 4 is 25.3 Å². The molecule has 0 radical (unpaired) electrons. The van der Waals surface area contributed by atoms with E-state index in [0.29, 0.717) is 0 Å². The van der Waals surface area contributed by atoms with Gasteiger partial charge in [-0.25, -0.2) is 0 Å². The van der Waals surface area contributed by atoms with Gasteiger partial charge in [0.1, 0.15) is 0 Å². The summed E-state index contributed by atoms with van der Waals surface area (Å²) < 4.78 is 0. The van der Waals surface area contributed by atoms with Gasteiger partial charge in [0, 0.05) is 24.8 Å². The van der Waals surface area contributed by atoms with Gasteiger partial charge < -0.3 is 25.3 Å². The van der Waals surface area contributed by atoms with E-state index in [0.717, 1.165) is 9.79 Å². The third kappa shape index (κ3) is 7.31. The summed E-state index contributed by atoms with van der Waals surface area (Å²) in [4.78, 5) is 9.15. The second-order valence-corrected chi connectivity index (χ2v) is 3.32. The third-order valence-corrected chi connectivity index (χ3v) is 1.75. The Labute approximate surface area is 113 Å². The van der Waals surface area contributed by atoms with Crippen LogP contribution in [0.2, 0.25) is 0 Å². The van der Waals surface area contributed by atoms with Crippen molar-refractivity contribution in [1.82, 2.24) is 9.97 Å². The van der Waals surface area contributed by atoms with Gasteiger partial charge in [-0.2, -0.15) is 9.79 Å². The van der Waals surface area contributed by atoms with Gasteiger partial charge in [0.05, 0.1) is 0 Å². The first-order valence-corrected chi connectivity index (χ1v) is 4.75. The average Bonchev–Trinajstić information content (AvgIpc) is 2.21. The zero-order valence-electron chi connectivity index (χ0n) is 8.04. The molecule has 72 valence electrons. The van der Waals surface area contributed by atoms with Gasteiger partial charge in [0.15, 0.2) is 0 Å². The van der Waals surface area contributed by atoms with Crippen LogP contribution in [-0.2, 0) is 44.7 Å².